The summed E-state index contributed by atoms with van der Waals surface area (Å²) in [6.07, 6.45) is 5.23. The zero-order chi connectivity index (χ0) is 15.7. The molecule has 3 N–H and O–H groups in total. The van der Waals surface area contributed by atoms with Gasteiger partial charge in [-0.2, -0.15) is 16.4 Å². The number of amides is 2. The van der Waals surface area contributed by atoms with Gasteiger partial charge in [-0.1, -0.05) is 6.07 Å². The van der Waals surface area contributed by atoms with E-state index in [0.717, 1.165) is 18.5 Å². The molecule has 4 rings (SSSR count). The maximum Gasteiger partial charge on any atom is 0.320 e. The summed E-state index contributed by atoms with van der Waals surface area (Å²) in [5, 5.41) is 17.0. The molecule has 1 saturated carbocycles. The number of anilines is 1. The van der Waals surface area contributed by atoms with Gasteiger partial charge in [-0.3, -0.25) is 10.1 Å². The molecule has 2 amide bonds. The second-order valence-corrected chi connectivity index (χ2v) is 6.33. The summed E-state index contributed by atoms with van der Waals surface area (Å²) in [4.78, 5) is 16.6. The van der Waals surface area contributed by atoms with Gasteiger partial charge in [0.15, 0.2) is 0 Å². The summed E-state index contributed by atoms with van der Waals surface area (Å²) in [7, 11) is 0. The van der Waals surface area contributed by atoms with E-state index in [-0.39, 0.29) is 11.6 Å². The van der Waals surface area contributed by atoms with Crippen molar-refractivity contribution in [3.05, 3.63) is 53.0 Å². The number of nitrogens with zero attached hydrogens (tertiary/aromatic N) is 2. The maximum atomic E-state index is 12.4. The summed E-state index contributed by atoms with van der Waals surface area (Å²) in [5.74, 6) is 0. The predicted octanol–water partition coefficient (Wildman–Crippen LogP) is 3.34. The average Bonchev–Trinajstić information content (AvgIpc) is 3.00. The molecule has 0 radical (unpaired) electrons. The van der Waals surface area contributed by atoms with Crippen molar-refractivity contribution < 1.29 is 4.79 Å². The summed E-state index contributed by atoms with van der Waals surface area (Å²) in [6.45, 7) is 0. The van der Waals surface area contributed by atoms with Crippen LogP contribution in [0.25, 0.3) is 11.4 Å². The minimum atomic E-state index is -0.229. The first-order valence-electron chi connectivity index (χ1n) is 7.33. The highest BCUT2D eigenvalue weighted by Crippen LogP contribution is 2.46. The minimum absolute atomic E-state index is 0.209. The molecule has 1 fully saturated rings. The van der Waals surface area contributed by atoms with Gasteiger partial charge in [-0.15, -0.1) is 0 Å². The molecule has 6 nitrogen and oxygen atoms in total. The lowest BCUT2D eigenvalue weighted by molar-refractivity contribution is 0.247. The third-order valence-electron chi connectivity index (χ3n) is 3.99. The fourth-order valence-corrected chi connectivity index (χ4v) is 3.36. The molecule has 0 unspecified atom stereocenters. The van der Waals surface area contributed by atoms with Crippen LogP contribution in [-0.4, -0.2) is 21.2 Å². The van der Waals surface area contributed by atoms with Crippen molar-refractivity contribution >= 4 is 23.1 Å². The predicted molar refractivity (Wildman–Crippen MR) is 89.2 cm³/mol. The van der Waals surface area contributed by atoms with E-state index >= 15 is 0 Å². The summed E-state index contributed by atoms with van der Waals surface area (Å²) >= 11 is 1.64. The van der Waals surface area contributed by atoms with Crippen LogP contribution in [0.5, 0.6) is 0 Å². The molecule has 1 aliphatic carbocycles. The molecule has 0 spiro atoms. The van der Waals surface area contributed by atoms with Crippen molar-refractivity contribution in [1.29, 1.82) is 0 Å². The Kier molecular flexibility index (Phi) is 3.34. The van der Waals surface area contributed by atoms with Gasteiger partial charge in [0.2, 0.25) is 0 Å². The van der Waals surface area contributed by atoms with Crippen molar-refractivity contribution in [1.82, 2.24) is 20.5 Å². The molecule has 3 aromatic heterocycles. The van der Waals surface area contributed by atoms with Gasteiger partial charge in [-0.05, 0) is 47.4 Å². The molecular weight excluding hydrogens is 310 g/mol. The highest BCUT2D eigenvalue weighted by Gasteiger charge is 2.46. The van der Waals surface area contributed by atoms with Gasteiger partial charge >= 0.3 is 6.03 Å². The first kappa shape index (κ1) is 14.0. The Morgan fingerprint density at radius 1 is 1.30 bits per heavy atom. The van der Waals surface area contributed by atoms with Gasteiger partial charge in [-0.25, -0.2) is 4.79 Å². The maximum absolute atomic E-state index is 12.4. The summed E-state index contributed by atoms with van der Waals surface area (Å²) in [5.41, 5.74) is 3.01. The number of nitrogens with one attached hydrogen (secondary N) is 3. The number of hydrogen-bond donors (Lipinski definition) is 3. The molecule has 0 bridgehead atoms. The number of aromatic nitrogens is 3. The molecule has 23 heavy (non-hydrogen) atoms. The summed E-state index contributed by atoms with van der Waals surface area (Å²) in [6, 6.07) is 7.44. The van der Waals surface area contributed by atoms with Crippen LogP contribution in [0.1, 0.15) is 18.4 Å². The van der Waals surface area contributed by atoms with Gasteiger partial charge in [0.25, 0.3) is 0 Å². The van der Waals surface area contributed by atoms with Crippen molar-refractivity contribution in [2.24, 2.45) is 0 Å². The normalized spacial score (nSPS) is 15.1. The Hall–Kier alpha value is -2.67. The van der Waals surface area contributed by atoms with E-state index in [1.165, 1.54) is 5.56 Å². The molecule has 7 heteroatoms. The largest absolute Gasteiger partial charge is 0.328 e. The lowest BCUT2D eigenvalue weighted by atomic mass is 10.1. The van der Waals surface area contributed by atoms with Crippen LogP contribution in [0.2, 0.25) is 0 Å². The van der Waals surface area contributed by atoms with E-state index in [2.05, 4.69) is 37.3 Å². The first-order valence-corrected chi connectivity index (χ1v) is 8.28. The number of hydrogen-bond acceptors (Lipinski definition) is 4. The lowest BCUT2D eigenvalue weighted by Crippen LogP contribution is -2.37. The highest BCUT2D eigenvalue weighted by molar-refractivity contribution is 7.08. The van der Waals surface area contributed by atoms with Gasteiger partial charge < -0.3 is 10.6 Å². The standard InChI is InChI=1S/C16H15N5OS/c22-15(20-16(5-6-16)11-4-8-23-10-11)19-13-9-18-21-14(13)12-3-1-2-7-17-12/h1-4,7-10H,5-6H2,(H,18,21)(H2,19,20,22). The molecule has 116 valence electrons. The number of H-pyrrole nitrogens is 1. The van der Waals surface area contributed by atoms with Gasteiger partial charge in [0.1, 0.15) is 5.69 Å². The number of rotatable bonds is 4. The van der Waals surface area contributed by atoms with Crippen LogP contribution in [0.3, 0.4) is 0 Å². The molecule has 0 aromatic carbocycles. The summed E-state index contributed by atoms with van der Waals surface area (Å²) < 4.78 is 0. The molecule has 3 heterocycles. The first-order chi connectivity index (χ1) is 11.3. The third-order valence-corrected chi connectivity index (χ3v) is 4.67. The van der Waals surface area contributed by atoms with Crippen LogP contribution in [-0.2, 0) is 5.54 Å². The number of thiophene rings is 1. The van der Waals surface area contributed by atoms with Crippen LogP contribution < -0.4 is 10.6 Å². The number of urea groups is 1. The number of pyridine rings is 1. The molecule has 0 aliphatic heterocycles. The SMILES string of the molecule is O=C(Nc1cn[nH]c1-c1ccccn1)NC1(c2ccsc2)CC1. The molecule has 0 saturated heterocycles. The van der Waals surface area contributed by atoms with E-state index in [0.29, 0.717) is 11.4 Å². The van der Waals surface area contributed by atoms with Crippen LogP contribution in [0.4, 0.5) is 10.5 Å². The second-order valence-electron chi connectivity index (χ2n) is 5.55. The van der Waals surface area contributed by atoms with E-state index in [1.807, 2.05) is 23.6 Å². The Morgan fingerprint density at radius 3 is 2.91 bits per heavy atom. The molecular formula is C16H15N5OS. The van der Waals surface area contributed by atoms with Crippen molar-refractivity contribution in [2.45, 2.75) is 18.4 Å². The fourth-order valence-electron chi connectivity index (χ4n) is 2.61. The quantitative estimate of drug-likeness (QED) is 0.688. The average molecular weight is 325 g/mol. The molecule has 1 aliphatic rings. The van der Waals surface area contributed by atoms with E-state index in [9.17, 15) is 4.79 Å². The van der Waals surface area contributed by atoms with Crippen LogP contribution >= 0.6 is 11.3 Å². The Balaban J connectivity index is 1.49. The van der Waals surface area contributed by atoms with Gasteiger partial charge in [0, 0.05) is 6.20 Å². The zero-order valence-electron chi connectivity index (χ0n) is 12.2. The molecule has 3 aromatic rings. The van der Waals surface area contributed by atoms with Crippen molar-refractivity contribution in [3.63, 3.8) is 0 Å². The van der Waals surface area contributed by atoms with Crippen LogP contribution in [0, 0.1) is 0 Å². The van der Waals surface area contributed by atoms with Gasteiger partial charge in [0.05, 0.1) is 23.1 Å². The Bertz CT molecular complexity index is 808. The van der Waals surface area contributed by atoms with E-state index in [4.69, 9.17) is 0 Å². The number of carbonyl (C=O) groups excluding carboxylic acids is 1. The smallest absolute Gasteiger partial charge is 0.320 e. The van der Waals surface area contributed by atoms with Crippen molar-refractivity contribution in [2.75, 3.05) is 5.32 Å². The van der Waals surface area contributed by atoms with Crippen LogP contribution in [0.15, 0.2) is 47.4 Å². The monoisotopic (exact) mass is 325 g/mol. The van der Waals surface area contributed by atoms with E-state index in [1.54, 1.807) is 23.7 Å². The number of aromatic amines is 1. The Morgan fingerprint density at radius 2 is 2.22 bits per heavy atom. The second kappa shape index (κ2) is 5.51. The minimum Gasteiger partial charge on any atom is -0.328 e. The van der Waals surface area contributed by atoms with Crippen molar-refractivity contribution in [3.8, 4) is 11.4 Å². The highest BCUT2D eigenvalue weighted by atomic mass is 32.1. The fraction of sp³-hybridized carbons (Fsp3) is 0.188. The zero-order valence-corrected chi connectivity index (χ0v) is 13.1. The Labute approximate surface area is 137 Å². The third kappa shape index (κ3) is 2.70. The van der Waals surface area contributed by atoms with E-state index < -0.39 is 0 Å². The molecule has 0 atom stereocenters. The number of carbonyl (C=O) groups is 1. The topological polar surface area (TPSA) is 82.7 Å². The lowest BCUT2D eigenvalue weighted by Gasteiger charge is -2.16.